The van der Waals surface area contributed by atoms with E-state index in [0.29, 0.717) is 16.7 Å². The molecule has 40 heavy (non-hydrogen) atoms. The number of Topliss-reactive ketones (excluding diaryl/α,β-unsaturated/α-hetero) is 1. The van der Waals surface area contributed by atoms with Crippen LogP contribution < -0.4 is 0 Å². The van der Waals surface area contributed by atoms with Gasteiger partial charge in [-0.1, -0.05) is 84.3 Å². The lowest BCUT2D eigenvalue weighted by Gasteiger charge is -2.20. The van der Waals surface area contributed by atoms with Gasteiger partial charge in [0, 0.05) is 41.7 Å². The van der Waals surface area contributed by atoms with E-state index in [4.69, 9.17) is 9.47 Å². The monoisotopic (exact) mass is 535 g/mol. The lowest BCUT2D eigenvalue weighted by atomic mass is 9.84. The SMILES string of the molecule is COC(=O)C(C#CC/C(=C/c1ccccc1)C(=O)c1ccccc1)(CC#Cc1ccc([N+](=O)[O-])cc1)C(=O)OC. The van der Waals surface area contributed by atoms with Crippen LogP contribution in [-0.2, 0) is 19.1 Å². The number of esters is 2. The van der Waals surface area contributed by atoms with Gasteiger partial charge in [-0.2, -0.15) is 0 Å². The summed E-state index contributed by atoms with van der Waals surface area (Å²) in [4.78, 5) is 49.4. The first-order chi connectivity index (χ1) is 19.3. The number of ether oxygens (including phenoxy) is 2. The summed E-state index contributed by atoms with van der Waals surface area (Å²) in [5, 5.41) is 10.9. The number of carbonyl (C=O) groups excluding carboxylic acids is 3. The van der Waals surface area contributed by atoms with Crippen LogP contribution in [0.15, 0.2) is 90.5 Å². The maximum atomic E-state index is 13.3. The Morgan fingerprint density at radius 3 is 1.98 bits per heavy atom. The van der Waals surface area contributed by atoms with Crippen molar-refractivity contribution in [2.75, 3.05) is 14.2 Å². The maximum absolute atomic E-state index is 13.3. The summed E-state index contributed by atoms with van der Waals surface area (Å²) in [7, 11) is 2.23. The van der Waals surface area contributed by atoms with Crippen LogP contribution in [0, 0.1) is 39.2 Å². The molecule has 0 saturated carbocycles. The van der Waals surface area contributed by atoms with E-state index in [1.807, 2.05) is 30.3 Å². The third-order valence-corrected chi connectivity index (χ3v) is 5.78. The molecule has 0 heterocycles. The Bertz CT molecular complexity index is 1520. The molecule has 0 saturated heterocycles. The summed E-state index contributed by atoms with van der Waals surface area (Å²) in [6.45, 7) is 0. The molecule has 0 N–H and O–H groups in total. The number of ketones is 1. The van der Waals surface area contributed by atoms with Crippen LogP contribution in [0.2, 0.25) is 0 Å². The van der Waals surface area contributed by atoms with Crippen molar-refractivity contribution in [1.29, 1.82) is 0 Å². The first-order valence-corrected chi connectivity index (χ1v) is 12.1. The van der Waals surface area contributed by atoms with Gasteiger partial charge in [0.05, 0.1) is 19.1 Å². The van der Waals surface area contributed by atoms with Gasteiger partial charge in [-0.25, -0.2) is 9.59 Å². The van der Waals surface area contributed by atoms with Gasteiger partial charge in [0.1, 0.15) is 0 Å². The fraction of sp³-hybridized carbons (Fsp3) is 0.156. The topological polar surface area (TPSA) is 113 Å². The summed E-state index contributed by atoms with van der Waals surface area (Å²) in [5.74, 6) is 8.83. The van der Waals surface area contributed by atoms with E-state index in [1.54, 1.807) is 36.4 Å². The van der Waals surface area contributed by atoms with Crippen molar-refractivity contribution in [2.45, 2.75) is 12.8 Å². The first kappa shape index (κ1) is 29.1. The van der Waals surface area contributed by atoms with Crippen molar-refractivity contribution in [2.24, 2.45) is 5.41 Å². The number of methoxy groups -OCH3 is 2. The van der Waals surface area contributed by atoms with Crippen molar-refractivity contribution in [3.63, 3.8) is 0 Å². The zero-order chi connectivity index (χ0) is 29.0. The number of non-ortho nitro benzene ring substituents is 1. The number of hydrogen-bond donors (Lipinski definition) is 0. The maximum Gasteiger partial charge on any atom is 0.336 e. The van der Waals surface area contributed by atoms with E-state index in [9.17, 15) is 24.5 Å². The molecule has 3 aromatic rings. The van der Waals surface area contributed by atoms with Crippen molar-refractivity contribution in [1.82, 2.24) is 0 Å². The van der Waals surface area contributed by atoms with Crippen LogP contribution in [0.3, 0.4) is 0 Å². The predicted molar refractivity (Wildman–Crippen MR) is 149 cm³/mol. The first-order valence-electron chi connectivity index (χ1n) is 12.1. The van der Waals surface area contributed by atoms with E-state index in [1.165, 1.54) is 24.3 Å². The van der Waals surface area contributed by atoms with Crippen LogP contribution in [-0.4, -0.2) is 36.9 Å². The lowest BCUT2D eigenvalue weighted by molar-refractivity contribution is -0.384. The van der Waals surface area contributed by atoms with E-state index in [2.05, 4.69) is 23.7 Å². The van der Waals surface area contributed by atoms with Gasteiger partial charge < -0.3 is 9.47 Å². The molecule has 8 heteroatoms. The fourth-order valence-corrected chi connectivity index (χ4v) is 3.68. The van der Waals surface area contributed by atoms with Gasteiger partial charge in [-0.3, -0.25) is 14.9 Å². The fourth-order valence-electron chi connectivity index (χ4n) is 3.68. The number of nitro groups is 1. The number of carbonyl (C=O) groups is 3. The van der Waals surface area contributed by atoms with E-state index >= 15 is 0 Å². The number of nitrogens with zero attached hydrogens (tertiary/aromatic N) is 1. The molecule has 0 aliphatic heterocycles. The molecule has 0 aliphatic carbocycles. The molecule has 0 bridgehead atoms. The quantitative estimate of drug-likeness (QED) is 0.0756. The molecule has 3 aromatic carbocycles. The second-order valence-corrected chi connectivity index (χ2v) is 8.42. The molecule has 0 radical (unpaired) electrons. The Morgan fingerprint density at radius 1 is 0.850 bits per heavy atom. The molecular weight excluding hydrogens is 510 g/mol. The highest BCUT2D eigenvalue weighted by atomic mass is 16.6. The van der Waals surface area contributed by atoms with Crippen molar-refractivity contribution >= 4 is 29.5 Å². The minimum atomic E-state index is -2.08. The molecule has 0 unspecified atom stereocenters. The molecule has 8 nitrogen and oxygen atoms in total. The highest BCUT2D eigenvalue weighted by Gasteiger charge is 2.47. The van der Waals surface area contributed by atoms with Crippen LogP contribution in [0.5, 0.6) is 0 Å². The van der Waals surface area contributed by atoms with Crippen molar-refractivity contribution < 1.29 is 28.8 Å². The van der Waals surface area contributed by atoms with Crippen LogP contribution in [0.1, 0.15) is 34.3 Å². The Hall–Kier alpha value is -5.47. The van der Waals surface area contributed by atoms with Crippen LogP contribution >= 0.6 is 0 Å². The molecule has 0 atom stereocenters. The molecular formula is C32H25NO7. The molecule has 200 valence electrons. The third-order valence-electron chi connectivity index (χ3n) is 5.78. The van der Waals surface area contributed by atoms with E-state index < -0.39 is 22.3 Å². The summed E-state index contributed by atoms with van der Waals surface area (Å²) in [6.07, 6.45) is 1.26. The van der Waals surface area contributed by atoms with Gasteiger partial charge in [-0.05, 0) is 23.8 Å². The Labute approximate surface area is 231 Å². The lowest BCUT2D eigenvalue weighted by Crippen LogP contribution is -2.40. The molecule has 0 amide bonds. The van der Waals surface area contributed by atoms with Gasteiger partial charge in [0.2, 0.25) is 5.41 Å². The highest BCUT2D eigenvalue weighted by Crippen LogP contribution is 2.26. The van der Waals surface area contributed by atoms with Gasteiger partial charge >= 0.3 is 11.9 Å². The highest BCUT2D eigenvalue weighted by molar-refractivity contribution is 6.11. The average molecular weight is 536 g/mol. The third kappa shape index (κ3) is 7.31. The van der Waals surface area contributed by atoms with Gasteiger partial charge in [-0.15, -0.1) is 0 Å². The van der Waals surface area contributed by atoms with E-state index in [0.717, 1.165) is 19.8 Å². The summed E-state index contributed by atoms with van der Waals surface area (Å²) < 4.78 is 9.77. The number of rotatable bonds is 8. The molecule has 3 rings (SSSR count). The zero-order valence-electron chi connectivity index (χ0n) is 21.9. The summed E-state index contributed by atoms with van der Waals surface area (Å²) in [5.41, 5.74) is -0.142. The number of benzene rings is 3. The normalized spacial score (nSPS) is 10.7. The minimum absolute atomic E-state index is 0.0753. The Balaban J connectivity index is 1.99. The second kappa shape index (κ2) is 13.9. The van der Waals surface area contributed by atoms with Crippen molar-refractivity contribution in [3.8, 4) is 23.7 Å². The molecule has 0 fully saturated rings. The summed E-state index contributed by atoms with van der Waals surface area (Å²) >= 11 is 0. The number of hydrogen-bond acceptors (Lipinski definition) is 7. The van der Waals surface area contributed by atoms with Crippen molar-refractivity contribution in [3.05, 3.63) is 117 Å². The van der Waals surface area contributed by atoms with Crippen LogP contribution in [0.4, 0.5) is 5.69 Å². The Kier molecular flexibility index (Phi) is 10.1. The average Bonchev–Trinajstić information content (AvgIpc) is 2.99. The predicted octanol–water partition coefficient (Wildman–Crippen LogP) is 5.03. The largest absolute Gasteiger partial charge is 0.467 e. The zero-order valence-corrected chi connectivity index (χ0v) is 21.9. The Morgan fingerprint density at radius 2 is 1.43 bits per heavy atom. The van der Waals surface area contributed by atoms with Crippen LogP contribution in [0.25, 0.3) is 6.08 Å². The minimum Gasteiger partial charge on any atom is -0.467 e. The number of allylic oxidation sites excluding steroid dienone is 1. The standard InChI is InChI=1S/C32H25NO7/c1-39-30(35)32(31(36)40-2,21-9-13-24-17-19-28(20-18-24)33(37)38)22-10-16-27(23-25-11-5-3-6-12-25)29(34)26-14-7-4-8-15-26/h3-8,11-12,14-15,17-20,23H,16,21H2,1-2H3/b27-23-. The molecule has 0 aromatic heterocycles. The second-order valence-electron chi connectivity index (χ2n) is 8.42. The number of nitro benzene ring substituents is 1. The smallest absolute Gasteiger partial charge is 0.336 e. The summed E-state index contributed by atoms with van der Waals surface area (Å²) in [6, 6.07) is 23.4. The molecule has 0 aliphatic rings. The van der Waals surface area contributed by atoms with Gasteiger partial charge in [0.15, 0.2) is 5.78 Å². The van der Waals surface area contributed by atoms with Gasteiger partial charge in [0.25, 0.3) is 5.69 Å². The molecule has 0 spiro atoms. The van der Waals surface area contributed by atoms with E-state index in [-0.39, 0.29) is 24.3 Å².